The van der Waals surface area contributed by atoms with Gasteiger partial charge in [0.1, 0.15) is 22.4 Å². The molecular weight excluding hydrogens is 382 g/mol. The number of fused-ring (bicyclic) bond motifs is 4. The van der Waals surface area contributed by atoms with E-state index in [9.17, 15) is 0 Å². The number of pyridine rings is 1. The fourth-order valence-electron chi connectivity index (χ4n) is 4.71. The molecule has 0 saturated heterocycles. The molecule has 31 heavy (non-hydrogen) atoms. The van der Waals surface area contributed by atoms with E-state index in [1.165, 1.54) is 16.7 Å². The Morgan fingerprint density at radius 3 is 2.29 bits per heavy atom. The van der Waals surface area contributed by atoms with E-state index < -0.39 is 0 Å². The van der Waals surface area contributed by atoms with Crippen molar-refractivity contribution in [2.45, 2.75) is 20.8 Å². The summed E-state index contributed by atoms with van der Waals surface area (Å²) in [6, 6.07) is 24.8. The van der Waals surface area contributed by atoms with Crippen LogP contribution in [0, 0.1) is 20.8 Å². The Hall–Kier alpha value is -3.85. The molecule has 0 saturated carbocycles. The molecule has 6 aromatic rings. The number of hydrogen-bond donors (Lipinski definition) is 0. The molecule has 3 heterocycles. The Morgan fingerprint density at radius 1 is 0.677 bits per heavy atom. The fraction of sp³-hybridized carbons (Fsp3) is 0.107. The van der Waals surface area contributed by atoms with Crippen molar-refractivity contribution in [3.05, 3.63) is 89.5 Å². The zero-order chi connectivity index (χ0) is 21.1. The zero-order valence-electron chi connectivity index (χ0n) is 17.7. The van der Waals surface area contributed by atoms with Gasteiger partial charge in [-0.1, -0.05) is 48.0 Å². The number of para-hydroxylation sites is 2. The van der Waals surface area contributed by atoms with Crippen LogP contribution in [-0.4, -0.2) is 4.98 Å². The van der Waals surface area contributed by atoms with Crippen molar-refractivity contribution < 1.29 is 8.83 Å². The third-order valence-electron chi connectivity index (χ3n) is 5.98. The molecule has 0 spiro atoms. The lowest BCUT2D eigenvalue weighted by Gasteiger charge is -2.08. The average molecular weight is 403 g/mol. The maximum Gasteiger partial charge on any atom is 0.153 e. The first kappa shape index (κ1) is 18.0. The van der Waals surface area contributed by atoms with E-state index in [-0.39, 0.29) is 0 Å². The molecule has 0 aliphatic heterocycles. The predicted molar refractivity (Wildman–Crippen MR) is 126 cm³/mol. The van der Waals surface area contributed by atoms with Gasteiger partial charge in [-0.15, -0.1) is 0 Å². The summed E-state index contributed by atoms with van der Waals surface area (Å²) in [4.78, 5) is 4.94. The van der Waals surface area contributed by atoms with Gasteiger partial charge in [-0.25, -0.2) is 4.98 Å². The summed E-state index contributed by atoms with van der Waals surface area (Å²) in [5, 5.41) is 2.23. The number of nitrogens with zero attached hydrogens (tertiary/aromatic N) is 1. The number of benzene rings is 3. The van der Waals surface area contributed by atoms with Gasteiger partial charge in [0.15, 0.2) is 5.58 Å². The lowest BCUT2D eigenvalue weighted by Crippen LogP contribution is -1.88. The number of furan rings is 2. The van der Waals surface area contributed by atoms with Gasteiger partial charge in [-0.3, -0.25) is 0 Å². The Bertz CT molecular complexity index is 1590. The predicted octanol–water partition coefficient (Wildman–Crippen LogP) is 7.99. The van der Waals surface area contributed by atoms with Crippen LogP contribution in [0.25, 0.3) is 55.6 Å². The summed E-state index contributed by atoms with van der Waals surface area (Å²) in [6.45, 7) is 6.38. The minimum absolute atomic E-state index is 0.787. The molecule has 0 atom stereocenters. The van der Waals surface area contributed by atoms with Gasteiger partial charge in [0.2, 0.25) is 0 Å². The smallest absolute Gasteiger partial charge is 0.153 e. The first-order valence-corrected chi connectivity index (χ1v) is 10.5. The molecule has 3 heteroatoms. The second-order valence-electron chi connectivity index (χ2n) is 8.24. The van der Waals surface area contributed by atoms with Crippen LogP contribution < -0.4 is 0 Å². The van der Waals surface area contributed by atoms with Crippen molar-refractivity contribution in [1.29, 1.82) is 0 Å². The summed E-state index contributed by atoms with van der Waals surface area (Å²) in [7, 11) is 0. The van der Waals surface area contributed by atoms with Crippen molar-refractivity contribution in [2.75, 3.05) is 0 Å². The van der Waals surface area contributed by atoms with E-state index in [1.807, 2.05) is 36.4 Å². The highest BCUT2D eigenvalue weighted by molar-refractivity contribution is 6.09. The molecule has 3 aromatic heterocycles. The maximum atomic E-state index is 6.20. The van der Waals surface area contributed by atoms with E-state index in [4.69, 9.17) is 13.8 Å². The molecule has 0 fully saturated rings. The Labute approximate surface area is 179 Å². The maximum absolute atomic E-state index is 6.20. The molecule has 0 N–H and O–H groups in total. The van der Waals surface area contributed by atoms with Crippen molar-refractivity contribution in [2.24, 2.45) is 0 Å². The third-order valence-corrected chi connectivity index (χ3v) is 5.98. The zero-order valence-corrected chi connectivity index (χ0v) is 17.7. The van der Waals surface area contributed by atoms with Crippen molar-refractivity contribution in [3.63, 3.8) is 0 Å². The first-order chi connectivity index (χ1) is 15.1. The Morgan fingerprint density at radius 2 is 1.45 bits per heavy atom. The molecule has 0 aliphatic carbocycles. The average Bonchev–Trinajstić information content (AvgIpc) is 3.33. The van der Waals surface area contributed by atoms with Crippen LogP contribution in [0.2, 0.25) is 0 Å². The number of aryl methyl sites for hydroxylation is 3. The van der Waals surface area contributed by atoms with Crippen LogP contribution in [0.15, 0.2) is 81.6 Å². The highest BCUT2D eigenvalue weighted by Crippen LogP contribution is 2.37. The lowest BCUT2D eigenvalue weighted by atomic mass is 9.98. The van der Waals surface area contributed by atoms with E-state index in [2.05, 4.69) is 57.2 Å². The largest absolute Gasteiger partial charge is 0.455 e. The SMILES string of the molecule is Cc1cc(C)c(-c2cc3nc(-c4cccc5c4oc4ccccc45)ccc3o2)c(C)c1. The van der Waals surface area contributed by atoms with Crippen LogP contribution in [0.1, 0.15) is 16.7 Å². The summed E-state index contributed by atoms with van der Waals surface area (Å²) in [6.07, 6.45) is 0. The second kappa shape index (κ2) is 6.58. The monoisotopic (exact) mass is 403 g/mol. The molecule has 150 valence electrons. The van der Waals surface area contributed by atoms with Gasteiger partial charge in [0, 0.05) is 28.0 Å². The standard InChI is InChI=1S/C28H21NO2/c1-16-13-17(2)27(18(3)14-16)26-15-23-25(30-26)12-11-22(29-23)21-9-6-8-20-19-7-4-5-10-24(19)31-28(20)21/h4-15H,1-3H3. The molecule has 0 radical (unpaired) electrons. The molecule has 3 aromatic carbocycles. The lowest BCUT2D eigenvalue weighted by molar-refractivity contribution is 0.630. The van der Waals surface area contributed by atoms with E-state index in [0.717, 1.165) is 55.6 Å². The summed E-state index contributed by atoms with van der Waals surface area (Å²) in [5.74, 6) is 0.858. The van der Waals surface area contributed by atoms with E-state index >= 15 is 0 Å². The van der Waals surface area contributed by atoms with Gasteiger partial charge in [-0.05, 0) is 56.2 Å². The minimum Gasteiger partial charge on any atom is -0.455 e. The summed E-state index contributed by atoms with van der Waals surface area (Å²) < 4.78 is 12.4. The molecule has 0 amide bonds. The van der Waals surface area contributed by atoms with Gasteiger partial charge < -0.3 is 8.83 Å². The molecular formula is C28H21NO2. The highest BCUT2D eigenvalue weighted by atomic mass is 16.3. The molecule has 6 rings (SSSR count). The van der Waals surface area contributed by atoms with Gasteiger partial charge >= 0.3 is 0 Å². The number of hydrogen-bond acceptors (Lipinski definition) is 3. The summed E-state index contributed by atoms with van der Waals surface area (Å²) >= 11 is 0. The number of aromatic nitrogens is 1. The van der Waals surface area contributed by atoms with Crippen LogP contribution in [0.3, 0.4) is 0 Å². The normalized spacial score (nSPS) is 11.7. The van der Waals surface area contributed by atoms with Crippen LogP contribution in [0.4, 0.5) is 0 Å². The minimum atomic E-state index is 0.787. The van der Waals surface area contributed by atoms with Crippen LogP contribution >= 0.6 is 0 Å². The van der Waals surface area contributed by atoms with Crippen molar-refractivity contribution in [3.8, 4) is 22.6 Å². The van der Waals surface area contributed by atoms with Crippen LogP contribution in [-0.2, 0) is 0 Å². The summed E-state index contributed by atoms with van der Waals surface area (Å²) in [5.41, 5.74) is 10.1. The molecule has 0 unspecified atom stereocenters. The molecule has 3 nitrogen and oxygen atoms in total. The quantitative estimate of drug-likeness (QED) is 0.294. The Balaban J connectivity index is 1.53. The van der Waals surface area contributed by atoms with Gasteiger partial charge in [0.05, 0.1) is 5.69 Å². The van der Waals surface area contributed by atoms with Crippen molar-refractivity contribution in [1.82, 2.24) is 4.98 Å². The molecule has 0 aliphatic rings. The molecule has 0 bridgehead atoms. The van der Waals surface area contributed by atoms with E-state index in [0.29, 0.717) is 0 Å². The second-order valence-corrected chi connectivity index (χ2v) is 8.24. The van der Waals surface area contributed by atoms with Gasteiger partial charge in [-0.2, -0.15) is 0 Å². The Kier molecular flexibility index (Phi) is 3.81. The fourth-order valence-corrected chi connectivity index (χ4v) is 4.71. The van der Waals surface area contributed by atoms with Crippen LogP contribution in [0.5, 0.6) is 0 Å². The van der Waals surface area contributed by atoms with Gasteiger partial charge in [0.25, 0.3) is 0 Å². The highest BCUT2D eigenvalue weighted by Gasteiger charge is 2.16. The third kappa shape index (κ3) is 2.77. The topological polar surface area (TPSA) is 39.2 Å². The first-order valence-electron chi connectivity index (χ1n) is 10.5. The van der Waals surface area contributed by atoms with E-state index in [1.54, 1.807) is 0 Å². The number of rotatable bonds is 2. The van der Waals surface area contributed by atoms with Crippen molar-refractivity contribution >= 4 is 33.0 Å².